The van der Waals surface area contributed by atoms with Crippen molar-refractivity contribution < 1.29 is 19.1 Å². The highest BCUT2D eigenvalue weighted by Crippen LogP contribution is 2.31. The molecule has 172 valence electrons. The van der Waals surface area contributed by atoms with E-state index in [0.29, 0.717) is 46.6 Å². The van der Waals surface area contributed by atoms with E-state index in [4.69, 9.17) is 9.47 Å². The van der Waals surface area contributed by atoms with E-state index >= 15 is 0 Å². The van der Waals surface area contributed by atoms with Crippen LogP contribution in [0, 0.1) is 13.8 Å². The second-order valence-corrected chi connectivity index (χ2v) is 9.68. The van der Waals surface area contributed by atoms with Crippen LogP contribution in [0.15, 0.2) is 50.8 Å². The summed E-state index contributed by atoms with van der Waals surface area (Å²) in [6, 6.07) is 11.5. The first-order valence-electron chi connectivity index (χ1n) is 10.5. The lowest BCUT2D eigenvalue weighted by Crippen LogP contribution is -2.43. The van der Waals surface area contributed by atoms with Gasteiger partial charge in [0.25, 0.3) is 11.8 Å². The fraction of sp³-hybridized carbons (Fsp3) is 0.292. The smallest absolute Gasteiger partial charge is 0.264 e. The maximum Gasteiger partial charge on any atom is 0.264 e. The standard InChI is InChI=1S/C24H24BrN3O4S/c1-15-9-16(2)11-18(10-15)26-24-27-23(30)21(33-24)13-17-3-4-20(19(25)12-17)32-14-22(29)28-5-7-31-8-6-28/h3-4,9-13H,5-8,14H2,1-2H3,(H,26,27,30)/b21-13-. The molecular formula is C24H24BrN3O4S. The molecule has 0 radical (unpaired) electrons. The van der Waals surface area contributed by atoms with Crippen LogP contribution in [0.5, 0.6) is 5.75 Å². The van der Waals surface area contributed by atoms with Gasteiger partial charge >= 0.3 is 0 Å². The summed E-state index contributed by atoms with van der Waals surface area (Å²) in [6.07, 6.45) is 1.80. The molecule has 33 heavy (non-hydrogen) atoms. The predicted octanol–water partition coefficient (Wildman–Crippen LogP) is 4.20. The lowest BCUT2D eigenvalue weighted by molar-refractivity contribution is -0.137. The van der Waals surface area contributed by atoms with E-state index in [1.165, 1.54) is 11.8 Å². The Morgan fingerprint density at radius 2 is 1.94 bits per heavy atom. The van der Waals surface area contributed by atoms with Gasteiger partial charge in [-0.25, -0.2) is 4.99 Å². The minimum Gasteiger partial charge on any atom is -0.483 e. The Kier molecular flexibility index (Phi) is 7.52. The van der Waals surface area contributed by atoms with E-state index in [0.717, 1.165) is 22.4 Å². The number of carbonyl (C=O) groups excluding carboxylic acids is 2. The van der Waals surface area contributed by atoms with Gasteiger partial charge in [0, 0.05) is 13.1 Å². The molecule has 2 saturated heterocycles. The molecular weight excluding hydrogens is 506 g/mol. The summed E-state index contributed by atoms with van der Waals surface area (Å²) >= 11 is 4.80. The number of rotatable bonds is 5. The second-order valence-electron chi connectivity index (χ2n) is 7.80. The zero-order chi connectivity index (χ0) is 23.4. The van der Waals surface area contributed by atoms with Crippen molar-refractivity contribution in [1.82, 2.24) is 10.2 Å². The zero-order valence-electron chi connectivity index (χ0n) is 18.4. The highest BCUT2D eigenvalue weighted by molar-refractivity contribution is 9.10. The molecule has 0 spiro atoms. The van der Waals surface area contributed by atoms with E-state index in [1.807, 2.05) is 38.1 Å². The summed E-state index contributed by atoms with van der Waals surface area (Å²) < 4.78 is 11.7. The third-order valence-electron chi connectivity index (χ3n) is 5.06. The maximum absolute atomic E-state index is 12.4. The summed E-state index contributed by atoms with van der Waals surface area (Å²) in [5.74, 6) is 0.320. The average Bonchev–Trinajstić information content (AvgIpc) is 3.11. The summed E-state index contributed by atoms with van der Waals surface area (Å²) in [5.41, 5.74) is 3.89. The Morgan fingerprint density at radius 3 is 2.64 bits per heavy atom. The molecule has 7 nitrogen and oxygen atoms in total. The first-order valence-corrected chi connectivity index (χ1v) is 12.1. The molecule has 2 aliphatic rings. The van der Waals surface area contributed by atoms with Crippen LogP contribution >= 0.6 is 27.7 Å². The maximum atomic E-state index is 12.4. The van der Waals surface area contributed by atoms with Gasteiger partial charge in [0.1, 0.15) is 5.75 Å². The largest absolute Gasteiger partial charge is 0.483 e. The summed E-state index contributed by atoms with van der Waals surface area (Å²) in [7, 11) is 0. The lowest BCUT2D eigenvalue weighted by Gasteiger charge is -2.26. The molecule has 1 N–H and O–H groups in total. The fourth-order valence-electron chi connectivity index (χ4n) is 3.53. The van der Waals surface area contributed by atoms with Gasteiger partial charge < -0.3 is 19.7 Å². The van der Waals surface area contributed by atoms with Gasteiger partial charge in [-0.05, 0) is 88.6 Å². The number of amides is 2. The first-order chi connectivity index (χ1) is 15.9. The van der Waals surface area contributed by atoms with Gasteiger partial charge in [-0.1, -0.05) is 12.1 Å². The number of benzene rings is 2. The number of aryl methyl sites for hydroxylation is 2. The third-order valence-corrected chi connectivity index (χ3v) is 6.59. The molecule has 2 aliphatic heterocycles. The molecule has 0 saturated carbocycles. The van der Waals surface area contributed by atoms with Gasteiger partial charge in [0.05, 0.1) is 28.3 Å². The fourth-order valence-corrected chi connectivity index (χ4v) is 4.88. The molecule has 0 aromatic heterocycles. The predicted molar refractivity (Wildman–Crippen MR) is 134 cm³/mol. The van der Waals surface area contributed by atoms with Crippen molar-refractivity contribution in [3.8, 4) is 5.75 Å². The number of thioether (sulfide) groups is 1. The summed E-state index contributed by atoms with van der Waals surface area (Å²) in [6.45, 7) is 6.30. The molecule has 2 heterocycles. The number of nitrogens with zero attached hydrogens (tertiary/aromatic N) is 2. The highest BCUT2D eigenvalue weighted by atomic mass is 79.9. The SMILES string of the molecule is Cc1cc(C)cc(N=C2NC(=O)/C(=C/c3ccc(OCC(=O)N4CCOCC4)c(Br)c3)S2)c1. The van der Waals surface area contributed by atoms with Crippen molar-refractivity contribution in [2.24, 2.45) is 4.99 Å². The number of amidine groups is 1. The van der Waals surface area contributed by atoms with E-state index in [2.05, 4.69) is 32.3 Å². The number of ether oxygens (including phenoxy) is 2. The molecule has 0 unspecified atom stereocenters. The molecule has 0 atom stereocenters. The molecule has 0 bridgehead atoms. The van der Waals surface area contributed by atoms with Crippen molar-refractivity contribution in [3.05, 3.63) is 62.5 Å². The molecule has 9 heteroatoms. The average molecular weight is 530 g/mol. The molecule has 2 aromatic carbocycles. The van der Waals surface area contributed by atoms with Crippen LogP contribution in [-0.4, -0.2) is 54.8 Å². The highest BCUT2D eigenvalue weighted by Gasteiger charge is 2.24. The number of hydrogen-bond acceptors (Lipinski definition) is 6. The normalized spacial score (nSPS) is 18.6. The van der Waals surface area contributed by atoms with Gasteiger partial charge in [0.15, 0.2) is 11.8 Å². The van der Waals surface area contributed by atoms with Gasteiger partial charge in [-0.2, -0.15) is 0 Å². The number of morpholine rings is 1. The van der Waals surface area contributed by atoms with Crippen LogP contribution in [0.25, 0.3) is 6.08 Å². The Balaban J connectivity index is 1.41. The minimum atomic E-state index is -0.185. The van der Waals surface area contributed by atoms with Crippen molar-refractivity contribution in [1.29, 1.82) is 0 Å². The van der Waals surface area contributed by atoms with Crippen LogP contribution in [0.3, 0.4) is 0 Å². The Morgan fingerprint density at radius 1 is 1.21 bits per heavy atom. The van der Waals surface area contributed by atoms with Crippen molar-refractivity contribution >= 4 is 56.4 Å². The van der Waals surface area contributed by atoms with Gasteiger partial charge in [0.2, 0.25) is 0 Å². The van der Waals surface area contributed by atoms with Crippen LogP contribution in [-0.2, 0) is 14.3 Å². The Labute approximate surface area is 205 Å². The van der Waals surface area contributed by atoms with Crippen molar-refractivity contribution in [3.63, 3.8) is 0 Å². The number of aliphatic imine (C=N–C) groups is 1. The molecule has 4 rings (SSSR count). The van der Waals surface area contributed by atoms with Crippen molar-refractivity contribution in [2.45, 2.75) is 13.8 Å². The molecule has 0 aliphatic carbocycles. The summed E-state index contributed by atoms with van der Waals surface area (Å²) in [5, 5.41) is 3.37. The van der Waals surface area contributed by atoms with Crippen LogP contribution in [0.4, 0.5) is 5.69 Å². The number of carbonyl (C=O) groups is 2. The topological polar surface area (TPSA) is 80.2 Å². The zero-order valence-corrected chi connectivity index (χ0v) is 20.8. The second kappa shape index (κ2) is 10.5. The lowest BCUT2D eigenvalue weighted by atomic mass is 10.1. The molecule has 2 fully saturated rings. The minimum absolute atomic E-state index is 0.0322. The molecule has 2 aromatic rings. The van der Waals surface area contributed by atoms with Crippen LogP contribution < -0.4 is 10.1 Å². The Hall–Kier alpha value is -2.62. The van der Waals surface area contributed by atoms with Gasteiger partial charge in [-0.15, -0.1) is 0 Å². The quantitative estimate of drug-likeness (QED) is 0.587. The Bertz CT molecular complexity index is 1120. The van der Waals surface area contributed by atoms with E-state index < -0.39 is 0 Å². The number of halogens is 1. The monoisotopic (exact) mass is 529 g/mol. The van der Waals surface area contributed by atoms with Crippen LogP contribution in [0.2, 0.25) is 0 Å². The van der Waals surface area contributed by atoms with E-state index in [1.54, 1.807) is 17.0 Å². The third kappa shape index (κ3) is 6.25. The van der Waals surface area contributed by atoms with E-state index in [-0.39, 0.29) is 18.4 Å². The number of nitrogens with one attached hydrogen (secondary N) is 1. The van der Waals surface area contributed by atoms with E-state index in [9.17, 15) is 9.59 Å². The van der Waals surface area contributed by atoms with Crippen LogP contribution in [0.1, 0.15) is 16.7 Å². The van der Waals surface area contributed by atoms with Gasteiger partial charge in [-0.3, -0.25) is 9.59 Å². The first kappa shape index (κ1) is 23.5. The van der Waals surface area contributed by atoms with Crippen molar-refractivity contribution in [2.75, 3.05) is 32.9 Å². The number of hydrogen-bond donors (Lipinski definition) is 1. The molecule has 2 amide bonds. The summed E-state index contributed by atoms with van der Waals surface area (Å²) in [4.78, 5) is 31.6.